The Labute approximate surface area is 174 Å². The number of aromatic nitrogens is 2. The van der Waals surface area contributed by atoms with Crippen molar-refractivity contribution < 1.29 is 8.42 Å². The summed E-state index contributed by atoms with van der Waals surface area (Å²) >= 11 is 1.50. The number of hydrogen-bond acceptors (Lipinski definition) is 4. The van der Waals surface area contributed by atoms with Gasteiger partial charge in [0.15, 0.2) is 0 Å². The zero-order chi connectivity index (χ0) is 20.6. The molecule has 0 spiro atoms. The molecule has 4 aromatic rings. The van der Waals surface area contributed by atoms with Crippen LogP contribution in [0.3, 0.4) is 0 Å². The van der Waals surface area contributed by atoms with E-state index in [2.05, 4.69) is 4.72 Å². The van der Waals surface area contributed by atoms with Crippen LogP contribution in [0, 0.1) is 13.8 Å². The second kappa shape index (κ2) is 7.50. The molecule has 0 atom stereocenters. The molecule has 148 valence electrons. The molecule has 29 heavy (non-hydrogen) atoms. The molecular formula is C22H21N3O2S2. The van der Waals surface area contributed by atoms with Crippen molar-refractivity contribution in [3.63, 3.8) is 0 Å². The van der Waals surface area contributed by atoms with Gasteiger partial charge < -0.3 is 4.57 Å². The zero-order valence-corrected chi connectivity index (χ0v) is 18.0. The van der Waals surface area contributed by atoms with Gasteiger partial charge in [0.05, 0.1) is 17.1 Å². The highest BCUT2D eigenvalue weighted by Crippen LogP contribution is 2.33. The summed E-state index contributed by atoms with van der Waals surface area (Å²) in [4.78, 5) is 4.99. The van der Waals surface area contributed by atoms with Crippen molar-refractivity contribution in [3.8, 4) is 22.0 Å². The molecule has 0 aliphatic rings. The molecule has 0 aliphatic carbocycles. The molecule has 0 saturated heterocycles. The van der Waals surface area contributed by atoms with Crippen molar-refractivity contribution in [2.24, 2.45) is 7.05 Å². The molecule has 1 N–H and O–H groups in total. The molecule has 0 fully saturated rings. The molecule has 0 unspecified atom stereocenters. The van der Waals surface area contributed by atoms with E-state index in [1.807, 2.05) is 79.4 Å². The van der Waals surface area contributed by atoms with Gasteiger partial charge in [0.25, 0.3) is 10.0 Å². The van der Waals surface area contributed by atoms with E-state index < -0.39 is 10.0 Å². The van der Waals surface area contributed by atoms with Crippen molar-refractivity contribution in [1.82, 2.24) is 9.55 Å². The molecule has 7 heteroatoms. The van der Waals surface area contributed by atoms with Crippen LogP contribution in [0.5, 0.6) is 0 Å². The Hall–Kier alpha value is -2.90. The number of benzene rings is 2. The van der Waals surface area contributed by atoms with Gasteiger partial charge in [-0.1, -0.05) is 48.5 Å². The van der Waals surface area contributed by atoms with E-state index in [0.29, 0.717) is 11.4 Å². The van der Waals surface area contributed by atoms with Gasteiger partial charge in [-0.15, -0.1) is 11.3 Å². The van der Waals surface area contributed by atoms with Crippen LogP contribution in [0.4, 0.5) is 5.69 Å². The van der Waals surface area contributed by atoms with Crippen LogP contribution in [-0.4, -0.2) is 18.0 Å². The summed E-state index contributed by atoms with van der Waals surface area (Å²) < 4.78 is 30.7. The third kappa shape index (κ3) is 3.71. The van der Waals surface area contributed by atoms with Crippen LogP contribution in [0.1, 0.15) is 11.3 Å². The predicted octanol–water partition coefficient (Wildman–Crippen LogP) is 5.23. The average molecular weight is 424 g/mol. The first-order valence-electron chi connectivity index (χ1n) is 9.13. The normalized spacial score (nSPS) is 11.6. The zero-order valence-electron chi connectivity index (χ0n) is 16.4. The minimum atomic E-state index is -3.72. The molecule has 0 amide bonds. The SMILES string of the molecule is Cc1ccccc1NS(=O)(=O)c1cc(-c2nc(-c3ccccc3)cs2)n(C)c1C. The van der Waals surface area contributed by atoms with Crippen molar-refractivity contribution in [2.75, 3.05) is 4.72 Å². The Morgan fingerprint density at radius 3 is 2.41 bits per heavy atom. The van der Waals surface area contributed by atoms with Gasteiger partial charge in [0.2, 0.25) is 0 Å². The molecule has 0 radical (unpaired) electrons. The fourth-order valence-corrected chi connectivity index (χ4v) is 5.47. The molecule has 0 bridgehead atoms. The van der Waals surface area contributed by atoms with Gasteiger partial charge in [-0.25, -0.2) is 13.4 Å². The predicted molar refractivity (Wildman–Crippen MR) is 119 cm³/mol. The summed E-state index contributed by atoms with van der Waals surface area (Å²) in [6.45, 7) is 3.68. The van der Waals surface area contributed by atoms with Crippen molar-refractivity contribution >= 4 is 27.0 Å². The molecule has 0 saturated carbocycles. The number of nitrogens with one attached hydrogen (secondary N) is 1. The van der Waals surface area contributed by atoms with Gasteiger partial charge in [-0.3, -0.25) is 4.72 Å². The first-order valence-corrected chi connectivity index (χ1v) is 11.5. The molecule has 4 rings (SSSR count). The summed E-state index contributed by atoms with van der Waals surface area (Å²) in [5.74, 6) is 0. The molecule has 2 heterocycles. The van der Waals surface area contributed by atoms with Gasteiger partial charge in [-0.2, -0.15) is 0 Å². The number of para-hydroxylation sites is 1. The Morgan fingerprint density at radius 2 is 1.69 bits per heavy atom. The molecule has 0 aliphatic heterocycles. The number of sulfonamides is 1. The Kier molecular flexibility index (Phi) is 5.02. The maximum absolute atomic E-state index is 13.1. The van der Waals surface area contributed by atoms with Gasteiger partial charge in [0.1, 0.15) is 9.90 Å². The molecular weight excluding hydrogens is 402 g/mol. The average Bonchev–Trinajstić information content (AvgIpc) is 3.30. The highest BCUT2D eigenvalue weighted by molar-refractivity contribution is 7.92. The number of thiazole rings is 1. The lowest BCUT2D eigenvalue weighted by Crippen LogP contribution is -2.14. The van der Waals surface area contributed by atoms with E-state index in [-0.39, 0.29) is 4.90 Å². The van der Waals surface area contributed by atoms with E-state index >= 15 is 0 Å². The summed E-state index contributed by atoms with van der Waals surface area (Å²) in [7, 11) is -1.85. The number of anilines is 1. The lowest BCUT2D eigenvalue weighted by atomic mass is 10.2. The smallest absolute Gasteiger partial charge is 0.263 e. The largest absolute Gasteiger partial charge is 0.345 e. The fourth-order valence-electron chi connectivity index (χ4n) is 3.17. The Morgan fingerprint density at radius 1 is 1.00 bits per heavy atom. The Balaban J connectivity index is 1.71. The number of aryl methyl sites for hydroxylation is 1. The van der Waals surface area contributed by atoms with E-state index in [0.717, 1.165) is 27.5 Å². The number of rotatable bonds is 5. The topological polar surface area (TPSA) is 64.0 Å². The summed E-state index contributed by atoms with van der Waals surface area (Å²) in [6.07, 6.45) is 0. The highest BCUT2D eigenvalue weighted by Gasteiger charge is 2.24. The van der Waals surface area contributed by atoms with E-state index in [4.69, 9.17) is 4.98 Å². The van der Waals surface area contributed by atoms with Crippen LogP contribution in [0.15, 0.2) is 70.9 Å². The summed E-state index contributed by atoms with van der Waals surface area (Å²) in [5, 5.41) is 2.78. The third-order valence-electron chi connectivity index (χ3n) is 4.96. The van der Waals surface area contributed by atoms with Crippen molar-refractivity contribution in [3.05, 3.63) is 77.3 Å². The maximum atomic E-state index is 13.1. The van der Waals surface area contributed by atoms with Crippen molar-refractivity contribution in [1.29, 1.82) is 0 Å². The van der Waals surface area contributed by atoms with Crippen molar-refractivity contribution in [2.45, 2.75) is 18.7 Å². The van der Waals surface area contributed by atoms with Gasteiger partial charge in [0, 0.05) is 23.7 Å². The van der Waals surface area contributed by atoms with E-state index in [9.17, 15) is 8.42 Å². The van der Waals surface area contributed by atoms with Gasteiger partial charge >= 0.3 is 0 Å². The third-order valence-corrected chi connectivity index (χ3v) is 7.31. The monoisotopic (exact) mass is 423 g/mol. The summed E-state index contributed by atoms with van der Waals surface area (Å²) in [6, 6.07) is 19.0. The first-order chi connectivity index (χ1) is 13.9. The molecule has 2 aromatic carbocycles. The van der Waals surface area contributed by atoms with Crippen LogP contribution >= 0.6 is 11.3 Å². The molecule has 5 nitrogen and oxygen atoms in total. The highest BCUT2D eigenvalue weighted by atomic mass is 32.2. The standard InChI is InChI=1S/C22H21N3O2S2/c1-15-9-7-8-12-18(15)24-29(26,27)21-13-20(25(3)16(21)2)22-23-19(14-28-22)17-10-5-4-6-11-17/h4-14,24H,1-3H3. The number of hydrogen-bond donors (Lipinski definition) is 1. The van der Waals surface area contributed by atoms with Crippen LogP contribution in [0.25, 0.3) is 22.0 Å². The lowest BCUT2D eigenvalue weighted by molar-refractivity contribution is 0.600. The quantitative estimate of drug-likeness (QED) is 0.478. The van der Waals surface area contributed by atoms with Crippen LogP contribution in [-0.2, 0) is 17.1 Å². The van der Waals surface area contributed by atoms with Gasteiger partial charge in [-0.05, 0) is 31.5 Å². The van der Waals surface area contributed by atoms with E-state index in [1.165, 1.54) is 11.3 Å². The van der Waals surface area contributed by atoms with Crippen LogP contribution < -0.4 is 4.72 Å². The second-order valence-corrected chi connectivity index (χ2v) is 9.37. The first kappa shape index (κ1) is 19.4. The maximum Gasteiger partial charge on any atom is 0.263 e. The summed E-state index contributed by atoms with van der Waals surface area (Å²) in [5.41, 5.74) is 4.81. The minimum absolute atomic E-state index is 0.259. The number of nitrogens with zero attached hydrogens (tertiary/aromatic N) is 2. The molecule has 2 aromatic heterocycles. The fraction of sp³-hybridized carbons (Fsp3) is 0.136. The minimum Gasteiger partial charge on any atom is -0.345 e. The van der Waals surface area contributed by atoms with E-state index in [1.54, 1.807) is 12.1 Å². The Bertz CT molecular complexity index is 1270. The lowest BCUT2D eigenvalue weighted by Gasteiger charge is -2.10. The van der Waals surface area contributed by atoms with Crippen LogP contribution in [0.2, 0.25) is 0 Å². The second-order valence-electron chi connectivity index (χ2n) is 6.86.